The third-order valence-corrected chi connectivity index (χ3v) is 5.47. The first-order valence-corrected chi connectivity index (χ1v) is 7.85. The third kappa shape index (κ3) is 2.52. The van der Waals surface area contributed by atoms with E-state index in [1.165, 1.54) is 0 Å². The molecule has 0 spiro atoms. The first-order valence-electron chi connectivity index (χ1n) is 5.62. The number of phenolic OH excluding ortho intramolecular Hbond substituents is 6. The Hall–Kier alpha value is -2.23. The Kier molecular flexibility index (Phi) is 4.05. The number of aromatic hydroxyl groups is 6. The molecule has 8 nitrogen and oxygen atoms in total. The molecule has 2 aromatic carbocycles. The molecule has 0 saturated carbocycles. The second kappa shape index (κ2) is 5.44. The van der Waals surface area contributed by atoms with Crippen LogP contribution in [0, 0.1) is 0 Å². The lowest BCUT2D eigenvalue weighted by molar-refractivity contribution is 0.401. The van der Waals surface area contributed by atoms with E-state index in [4.69, 9.17) is 23.2 Å². The van der Waals surface area contributed by atoms with Crippen molar-refractivity contribution in [3.05, 3.63) is 22.2 Å². The number of hydrogen-bond acceptors (Lipinski definition) is 8. The maximum Gasteiger partial charge on any atom is 0.221 e. The van der Waals surface area contributed by atoms with Crippen LogP contribution in [0.25, 0.3) is 0 Å². The van der Waals surface area contributed by atoms with Gasteiger partial charge in [-0.05, 0) is 0 Å². The Labute approximate surface area is 138 Å². The Morgan fingerprint density at radius 1 is 0.652 bits per heavy atom. The van der Waals surface area contributed by atoms with E-state index in [2.05, 4.69) is 0 Å². The van der Waals surface area contributed by atoms with Gasteiger partial charge in [0.25, 0.3) is 0 Å². The topological polar surface area (TPSA) is 156 Å². The summed E-state index contributed by atoms with van der Waals surface area (Å²) in [7, 11) is -4.93. The molecule has 0 aromatic heterocycles. The van der Waals surface area contributed by atoms with Crippen molar-refractivity contribution in [2.45, 2.75) is 9.79 Å². The summed E-state index contributed by atoms with van der Waals surface area (Å²) in [6.45, 7) is 0. The molecule has 0 aliphatic rings. The SMILES string of the molecule is O=S(=O)(c1c(O)cc(O)c(Cl)c1O)c1c(O)cc(O)c(Cl)c1O. The summed E-state index contributed by atoms with van der Waals surface area (Å²) in [5, 5.41) is 56.1. The maximum atomic E-state index is 12.5. The smallest absolute Gasteiger partial charge is 0.221 e. The van der Waals surface area contributed by atoms with Gasteiger partial charge < -0.3 is 30.6 Å². The van der Waals surface area contributed by atoms with Gasteiger partial charge >= 0.3 is 0 Å². The summed E-state index contributed by atoms with van der Waals surface area (Å²) in [4.78, 5) is -2.35. The lowest BCUT2D eigenvalue weighted by Gasteiger charge is -2.14. The van der Waals surface area contributed by atoms with Crippen LogP contribution in [-0.2, 0) is 9.84 Å². The molecule has 6 N–H and O–H groups in total. The third-order valence-electron chi connectivity index (χ3n) is 2.85. The van der Waals surface area contributed by atoms with E-state index in [0.29, 0.717) is 12.1 Å². The van der Waals surface area contributed by atoms with Gasteiger partial charge in [-0.25, -0.2) is 8.42 Å². The molecule has 124 valence electrons. The molecule has 0 bridgehead atoms. The molecule has 0 amide bonds. The second-order valence-corrected chi connectivity index (χ2v) is 6.90. The minimum Gasteiger partial charge on any atom is -0.506 e. The van der Waals surface area contributed by atoms with Crippen molar-refractivity contribution >= 4 is 33.0 Å². The molecule has 23 heavy (non-hydrogen) atoms. The number of rotatable bonds is 2. The van der Waals surface area contributed by atoms with Crippen molar-refractivity contribution in [1.82, 2.24) is 0 Å². The van der Waals surface area contributed by atoms with E-state index in [1.54, 1.807) is 0 Å². The highest BCUT2D eigenvalue weighted by Gasteiger charge is 2.35. The fraction of sp³-hybridized carbons (Fsp3) is 0. The van der Waals surface area contributed by atoms with Gasteiger partial charge in [-0.3, -0.25) is 0 Å². The molecule has 2 aromatic rings. The lowest BCUT2D eigenvalue weighted by atomic mass is 10.3. The Bertz CT molecular complexity index is 854. The van der Waals surface area contributed by atoms with Crippen LogP contribution in [0.3, 0.4) is 0 Å². The van der Waals surface area contributed by atoms with Gasteiger partial charge in [0.05, 0.1) is 0 Å². The van der Waals surface area contributed by atoms with Crippen molar-refractivity contribution in [3.63, 3.8) is 0 Å². The minimum absolute atomic E-state index is 0.547. The van der Waals surface area contributed by atoms with Crippen molar-refractivity contribution < 1.29 is 39.1 Å². The fourth-order valence-corrected chi connectivity index (χ4v) is 3.83. The summed E-state index contributed by atoms with van der Waals surface area (Å²) in [5.41, 5.74) is 0. The Morgan fingerprint density at radius 3 is 1.26 bits per heavy atom. The van der Waals surface area contributed by atoms with Crippen LogP contribution in [-0.4, -0.2) is 39.1 Å². The monoisotopic (exact) mass is 382 g/mol. The Morgan fingerprint density at radius 2 is 0.957 bits per heavy atom. The average molecular weight is 383 g/mol. The first kappa shape index (κ1) is 17.1. The normalized spacial score (nSPS) is 11.6. The predicted octanol–water partition coefficient (Wildman–Crippen LogP) is 2.06. The molecule has 0 heterocycles. The number of halogens is 2. The fourth-order valence-electron chi connectivity index (χ4n) is 1.83. The molecular weight excluding hydrogens is 375 g/mol. The highest BCUT2D eigenvalue weighted by Crippen LogP contribution is 2.50. The average Bonchev–Trinajstić information content (AvgIpc) is 2.41. The van der Waals surface area contributed by atoms with Crippen LogP contribution in [0.1, 0.15) is 0 Å². The van der Waals surface area contributed by atoms with Gasteiger partial charge in [0.15, 0.2) is 21.3 Å². The molecule has 11 heteroatoms. The van der Waals surface area contributed by atoms with E-state index in [0.717, 1.165) is 0 Å². The van der Waals surface area contributed by atoms with Gasteiger partial charge in [0, 0.05) is 12.1 Å². The quantitative estimate of drug-likeness (QED) is 0.460. The molecule has 0 aliphatic carbocycles. The summed E-state index contributed by atoms with van der Waals surface area (Å²) in [6, 6.07) is 1.09. The first-order chi connectivity index (χ1) is 10.5. The van der Waals surface area contributed by atoms with Crippen molar-refractivity contribution in [1.29, 1.82) is 0 Å². The maximum absolute atomic E-state index is 12.5. The zero-order valence-corrected chi connectivity index (χ0v) is 13.1. The van der Waals surface area contributed by atoms with Crippen LogP contribution < -0.4 is 0 Å². The number of phenols is 6. The van der Waals surface area contributed by atoms with Crippen molar-refractivity contribution in [3.8, 4) is 34.5 Å². The van der Waals surface area contributed by atoms with Gasteiger partial charge in [0.1, 0.15) is 33.0 Å². The van der Waals surface area contributed by atoms with Crippen LogP contribution in [0.15, 0.2) is 21.9 Å². The van der Waals surface area contributed by atoms with Crippen LogP contribution in [0.2, 0.25) is 10.0 Å². The van der Waals surface area contributed by atoms with Gasteiger partial charge in [-0.2, -0.15) is 0 Å². The predicted molar refractivity (Wildman–Crippen MR) is 78.3 cm³/mol. The molecule has 0 atom stereocenters. The van der Waals surface area contributed by atoms with E-state index in [9.17, 15) is 39.1 Å². The lowest BCUT2D eigenvalue weighted by Crippen LogP contribution is -2.04. The number of hydrogen-bond donors (Lipinski definition) is 6. The highest BCUT2D eigenvalue weighted by atomic mass is 35.5. The highest BCUT2D eigenvalue weighted by molar-refractivity contribution is 7.92. The molecule has 0 radical (unpaired) electrons. The van der Waals surface area contributed by atoms with E-state index >= 15 is 0 Å². The summed E-state index contributed by atoms with van der Waals surface area (Å²) >= 11 is 11.0. The molecule has 0 saturated heterocycles. The second-order valence-electron chi connectivity index (χ2n) is 4.32. The van der Waals surface area contributed by atoms with Gasteiger partial charge in [-0.15, -0.1) is 0 Å². The van der Waals surface area contributed by atoms with Crippen molar-refractivity contribution in [2.24, 2.45) is 0 Å². The molecule has 2 rings (SSSR count). The minimum atomic E-state index is -4.93. The number of sulfone groups is 1. The molecular formula is C12H8Cl2O8S. The molecule has 0 aliphatic heterocycles. The van der Waals surface area contributed by atoms with Crippen LogP contribution in [0.5, 0.6) is 34.5 Å². The Balaban J connectivity index is 2.91. The molecule has 0 unspecified atom stereocenters. The van der Waals surface area contributed by atoms with Crippen LogP contribution >= 0.6 is 23.2 Å². The largest absolute Gasteiger partial charge is 0.506 e. The van der Waals surface area contributed by atoms with E-state index in [-0.39, 0.29) is 0 Å². The number of benzene rings is 2. The zero-order valence-electron chi connectivity index (χ0n) is 10.8. The summed E-state index contributed by atoms with van der Waals surface area (Å²) in [6.07, 6.45) is 0. The van der Waals surface area contributed by atoms with Gasteiger partial charge in [-0.1, -0.05) is 23.2 Å². The summed E-state index contributed by atoms with van der Waals surface area (Å²) < 4.78 is 25.0. The van der Waals surface area contributed by atoms with Gasteiger partial charge in [0.2, 0.25) is 9.84 Å². The standard InChI is InChI=1S/C12H8Cl2O8S/c13-7-3(15)1-5(17)11(9(7)19)23(21,22)12-6(18)2-4(16)8(14)10(12)20/h1-2,15-20H. The van der Waals surface area contributed by atoms with Crippen molar-refractivity contribution in [2.75, 3.05) is 0 Å². The van der Waals surface area contributed by atoms with Crippen LogP contribution in [0.4, 0.5) is 0 Å². The summed E-state index contributed by atoms with van der Waals surface area (Å²) in [5.74, 6) is -6.17. The zero-order chi connectivity index (χ0) is 17.7. The van der Waals surface area contributed by atoms with E-state index in [1.807, 2.05) is 0 Å². The molecule has 0 fully saturated rings. The van der Waals surface area contributed by atoms with E-state index < -0.39 is 64.2 Å².